The van der Waals surface area contributed by atoms with E-state index in [-0.39, 0.29) is 28.8 Å². The van der Waals surface area contributed by atoms with Gasteiger partial charge in [0.25, 0.3) is 0 Å². The van der Waals surface area contributed by atoms with Crippen LogP contribution in [0.3, 0.4) is 0 Å². The summed E-state index contributed by atoms with van der Waals surface area (Å²) in [5.74, 6) is 0.810. The van der Waals surface area contributed by atoms with Crippen LogP contribution in [-0.4, -0.2) is 19.3 Å². The molecule has 0 saturated heterocycles. The summed E-state index contributed by atoms with van der Waals surface area (Å²) in [6.07, 6.45) is 1.48. The third-order valence-corrected chi connectivity index (χ3v) is 3.11. The van der Waals surface area contributed by atoms with Crippen LogP contribution in [0.2, 0.25) is 0 Å². The number of furan rings is 1. The van der Waals surface area contributed by atoms with Crippen LogP contribution >= 0.6 is 0 Å². The van der Waals surface area contributed by atoms with Crippen molar-refractivity contribution in [1.82, 2.24) is 0 Å². The third-order valence-electron chi connectivity index (χ3n) is 3.11. The minimum Gasteiger partial charge on any atom is -0.495 e. The number of fused-ring (bicyclic) bond motifs is 2. The molecule has 0 unspecified atom stereocenters. The van der Waals surface area contributed by atoms with E-state index in [2.05, 4.69) is 0 Å². The van der Waals surface area contributed by atoms with Crippen molar-refractivity contribution in [1.29, 1.82) is 0 Å². The van der Waals surface area contributed by atoms with E-state index in [1.807, 2.05) is 0 Å². The van der Waals surface area contributed by atoms with E-state index in [1.165, 1.54) is 26.5 Å². The lowest BCUT2D eigenvalue weighted by Gasteiger charge is -2.10. The van der Waals surface area contributed by atoms with Crippen molar-refractivity contribution in [3.8, 4) is 11.5 Å². The van der Waals surface area contributed by atoms with Gasteiger partial charge in [0.1, 0.15) is 23.5 Å². The average Bonchev–Trinajstić information content (AvgIpc) is 2.93. The molecule has 3 rings (SSSR count). The summed E-state index contributed by atoms with van der Waals surface area (Å²) in [5.41, 5.74) is 0.312. The van der Waals surface area contributed by atoms with E-state index in [1.54, 1.807) is 6.07 Å². The Morgan fingerprint density at radius 2 is 1.95 bits per heavy atom. The van der Waals surface area contributed by atoms with Crippen LogP contribution in [0.4, 0.5) is 0 Å². The number of aliphatic hydroxyl groups is 1. The molecule has 0 radical (unpaired) electrons. The fourth-order valence-electron chi connectivity index (χ4n) is 2.29. The summed E-state index contributed by atoms with van der Waals surface area (Å²) in [5, 5.41) is 10.0. The molecule has 0 bridgehead atoms. The van der Waals surface area contributed by atoms with Crippen molar-refractivity contribution in [3.05, 3.63) is 34.4 Å². The number of benzene rings is 1. The number of aliphatic hydroxyl groups excluding tert-OH is 1. The van der Waals surface area contributed by atoms with E-state index in [9.17, 15) is 4.79 Å². The molecule has 0 spiro atoms. The number of rotatable bonds is 3. The van der Waals surface area contributed by atoms with Gasteiger partial charge >= 0.3 is 0 Å². The standard InChI is InChI=1S/C14H12O6/c1-17-11-8-3-4-19-12(8)14(18-2)13-10(11)9(16)5-7(6-15)20-13/h3-5,15H,6H2,1-2H3. The van der Waals surface area contributed by atoms with Crippen LogP contribution < -0.4 is 14.9 Å². The summed E-state index contributed by atoms with van der Waals surface area (Å²) in [7, 11) is 2.92. The van der Waals surface area contributed by atoms with Gasteiger partial charge in [0.15, 0.2) is 16.6 Å². The van der Waals surface area contributed by atoms with Gasteiger partial charge in [-0.15, -0.1) is 0 Å². The summed E-state index contributed by atoms with van der Waals surface area (Å²) in [6.45, 7) is -0.382. The Hall–Kier alpha value is -2.47. The lowest BCUT2D eigenvalue weighted by molar-refractivity contribution is 0.247. The second-order valence-corrected chi connectivity index (χ2v) is 4.17. The molecule has 3 aromatic rings. The predicted molar refractivity (Wildman–Crippen MR) is 71.3 cm³/mol. The van der Waals surface area contributed by atoms with Crippen LogP contribution in [0.1, 0.15) is 5.76 Å². The van der Waals surface area contributed by atoms with E-state index in [4.69, 9.17) is 23.4 Å². The number of hydrogen-bond donors (Lipinski definition) is 1. The highest BCUT2D eigenvalue weighted by atomic mass is 16.5. The Morgan fingerprint density at radius 3 is 2.60 bits per heavy atom. The molecule has 2 aromatic heterocycles. The molecule has 0 amide bonds. The molecule has 0 aliphatic carbocycles. The van der Waals surface area contributed by atoms with Gasteiger partial charge in [0, 0.05) is 6.07 Å². The number of ether oxygens (including phenoxy) is 2. The first kappa shape index (κ1) is 12.6. The van der Waals surface area contributed by atoms with Crippen LogP contribution in [0.15, 0.2) is 32.0 Å². The summed E-state index contributed by atoms with van der Waals surface area (Å²) in [4.78, 5) is 12.2. The molecule has 0 aliphatic heterocycles. The molecule has 1 N–H and O–H groups in total. The molecule has 0 saturated carbocycles. The van der Waals surface area contributed by atoms with Crippen LogP contribution in [-0.2, 0) is 6.61 Å². The zero-order valence-corrected chi connectivity index (χ0v) is 10.9. The molecular formula is C14H12O6. The largest absolute Gasteiger partial charge is 0.495 e. The molecule has 6 nitrogen and oxygen atoms in total. The van der Waals surface area contributed by atoms with Crippen molar-refractivity contribution in [3.63, 3.8) is 0 Å². The first-order valence-electron chi connectivity index (χ1n) is 5.90. The lowest BCUT2D eigenvalue weighted by atomic mass is 10.1. The number of methoxy groups -OCH3 is 2. The fraction of sp³-hybridized carbons (Fsp3) is 0.214. The smallest absolute Gasteiger partial charge is 0.206 e. The lowest BCUT2D eigenvalue weighted by Crippen LogP contribution is -2.05. The van der Waals surface area contributed by atoms with Crippen molar-refractivity contribution >= 4 is 21.9 Å². The van der Waals surface area contributed by atoms with Gasteiger partial charge < -0.3 is 23.4 Å². The molecule has 0 aliphatic rings. The summed E-state index contributed by atoms with van der Waals surface area (Å²) < 4.78 is 21.5. The Labute approximate surface area is 113 Å². The van der Waals surface area contributed by atoms with Crippen molar-refractivity contribution < 1.29 is 23.4 Å². The van der Waals surface area contributed by atoms with E-state index >= 15 is 0 Å². The first-order chi connectivity index (χ1) is 9.71. The van der Waals surface area contributed by atoms with Crippen molar-refractivity contribution in [2.45, 2.75) is 6.61 Å². The monoisotopic (exact) mass is 276 g/mol. The van der Waals surface area contributed by atoms with Crippen LogP contribution in [0, 0.1) is 0 Å². The summed E-state index contributed by atoms with van der Waals surface area (Å²) >= 11 is 0. The Bertz CT molecular complexity index is 842. The van der Waals surface area contributed by atoms with Gasteiger partial charge in [-0.3, -0.25) is 4.79 Å². The maximum atomic E-state index is 12.2. The first-order valence-corrected chi connectivity index (χ1v) is 5.90. The van der Waals surface area contributed by atoms with Gasteiger partial charge in [0.2, 0.25) is 5.75 Å². The zero-order chi connectivity index (χ0) is 14.3. The highest BCUT2D eigenvalue weighted by Crippen LogP contribution is 2.41. The Morgan fingerprint density at radius 1 is 1.20 bits per heavy atom. The normalized spacial score (nSPS) is 11.2. The molecule has 0 atom stereocenters. The third kappa shape index (κ3) is 1.58. The van der Waals surface area contributed by atoms with E-state index in [0.717, 1.165) is 0 Å². The molecule has 6 heteroatoms. The van der Waals surface area contributed by atoms with Gasteiger partial charge in [-0.25, -0.2) is 0 Å². The van der Waals surface area contributed by atoms with Gasteiger partial charge in [-0.1, -0.05) is 0 Å². The quantitative estimate of drug-likeness (QED) is 0.788. The molecular weight excluding hydrogens is 264 g/mol. The second-order valence-electron chi connectivity index (χ2n) is 4.17. The van der Waals surface area contributed by atoms with Crippen molar-refractivity contribution in [2.24, 2.45) is 0 Å². The molecule has 104 valence electrons. The van der Waals surface area contributed by atoms with E-state index < -0.39 is 0 Å². The van der Waals surface area contributed by atoms with Gasteiger partial charge in [0.05, 0.1) is 25.9 Å². The van der Waals surface area contributed by atoms with Crippen molar-refractivity contribution in [2.75, 3.05) is 14.2 Å². The van der Waals surface area contributed by atoms with Gasteiger partial charge in [-0.05, 0) is 6.07 Å². The van der Waals surface area contributed by atoms with E-state index in [0.29, 0.717) is 22.5 Å². The Balaban J connectivity index is 2.62. The second kappa shape index (κ2) is 4.57. The minimum atomic E-state index is -0.382. The molecule has 20 heavy (non-hydrogen) atoms. The molecule has 2 heterocycles. The van der Waals surface area contributed by atoms with Gasteiger partial charge in [-0.2, -0.15) is 0 Å². The average molecular weight is 276 g/mol. The maximum absolute atomic E-state index is 12.2. The van der Waals surface area contributed by atoms with Crippen LogP contribution in [0.5, 0.6) is 11.5 Å². The molecule has 0 fully saturated rings. The highest BCUT2D eigenvalue weighted by Gasteiger charge is 2.22. The highest BCUT2D eigenvalue weighted by molar-refractivity contribution is 6.06. The fourth-order valence-corrected chi connectivity index (χ4v) is 2.29. The maximum Gasteiger partial charge on any atom is 0.206 e. The summed E-state index contributed by atoms with van der Waals surface area (Å²) in [6, 6.07) is 2.92. The topological polar surface area (TPSA) is 82.0 Å². The number of hydrogen-bond acceptors (Lipinski definition) is 6. The Kier molecular flexibility index (Phi) is 2.87. The van der Waals surface area contributed by atoms with Crippen LogP contribution in [0.25, 0.3) is 21.9 Å². The minimum absolute atomic E-state index is 0.147. The zero-order valence-electron chi connectivity index (χ0n) is 10.9. The molecule has 1 aromatic carbocycles. The SMILES string of the molecule is COc1c2occc2c(OC)c2c(=O)cc(CO)oc12. The predicted octanol–water partition coefficient (Wildman–Crippen LogP) is 2.05.